The lowest BCUT2D eigenvalue weighted by molar-refractivity contribution is 0.660. The summed E-state index contributed by atoms with van der Waals surface area (Å²) >= 11 is 0. The van der Waals surface area contributed by atoms with Gasteiger partial charge in [-0.25, -0.2) is 0 Å². The number of para-hydroxylation sites is 1. The molecule has 1 heteroatoms. The zero-order valence-electron chi connectivity index (χ0n) is 22.9. The molecule has 0 aliphatic heterocycles. The predicted molar refractivity (Wildman–Crippen MR) is 170 cm³/mol. The highest BCUT2D eigenvalue weighted by Crippen LogP contribution is 2.51. The first-order chi connectivity index (χ1) is 19.6. The van der Waals surface area contributed by atoms with Crippen molar-refractivity contribution in [2.24, 2.45) is 0 Å². The normalized spacial score (nSPS) is 12.9. The molecule has 7 rings (SSSR count). The summed E-state index contributed by atoms with van der Waals surface area (Å²) in [5, 5.41) is 0. The van der Waals surface area contributed by atoms with Gasteiger partial charge < -0.3 is 4.90 Å². The molecule has 0 aromatic heterocycles. The third kappa shape index (κ3) is 3.94. The highest BCUT2D eigenvalue weighted by Gasteiger charge is 2.35. The van der Waals surface area contributed by atoms with Gasteiger partial charge in [0, 0.05) is 22.4 Å². The second-order valence-electron chi connectivity index (χ2n) is 11.0. The van der Waals surface area contributed by atoms with Gasteiger partial charge in [0.05, 0.1) is 5.69 Å². The van der Waals surface area contributed by atoms with E-state index in [9.17, 15) is 0 Å². The molecule has 0 radical (unpaired) electrons. The van der Waals surface area contributed by atoms with Crippen LogP contribution in [0, 0.1) is 0 Å². The van der Waals surface area contributed by atoms with E-state index in [2.05, 4.69) is 170 Å². The lowest BCUT2D eigenvalue weighted by Crippen LogP contribution is -2.17. The van der Waals surface area contributed by atoms with Crippen LogP contribution in [0.25, 0.3) is 33.4 Å². The minimum Gasteiger partial charge on any atom is -0.310 e. The van der Waals surface area contributed by atoms with Gasteiger partial charge in [0.2, 0.25) is 0 Å². The van der Waals surface area contributed by atoms with E-state index in [0.29, 0.717) is 0 Å². The Morgan fingerprint density at radius 3 is 1.73 bits per heavy atom. The molecule has 0 spiro atoms. The third-order valence-electron chi connectivity index (χ3n) is 8.27. The highest BCUT2D eigenvalue weighted by molar-refractivity contribution is 5.97. The zero-order valence-corrected chi connectivity index (χ0v) is 22.9. The van der Waals surface area contributed by atoms with Crippen molar-refractivity contribution in [2.45, 2.75) is 19.3 Å². The Labute approximate surface area is 237 Å². The molecule has 40 heavy (non-hydrogen) atoms. The molecule has 192 valence electrons. The Balaban J connectivity index is 1.50. The molecule has 0 unspecified atom stereocenters. The van der Waals surface area contributed by atoms with Crippen molar-refractivity contribution in [1.29, 1.82) is 0 Å². The van der Waals surface area contributed by atoms with E-state index in [0.717, 1.165) is 17.1 Å². The minimum atomic E-state index is -0.0710. The van der Waals surface area contributed by atoms with Gasteiger partial charge >= 0.3 is 0 Å². The third-order valence-corrected chi connectivity index (χ3v) is 8.27. The van der Waals surface area contributed by atoms with Crippen LogP contribution in [-0.4, -0.2) is 0 Å². The van der Waals surface area contributed by atoms with Crippen LogP contribution in [0.1, 0.15) is 25.0 Å². The van der Waals surface area contributed by atoms with Gasteiger partial charge in [0.15, 0.2) is 0 Å². The standard InChI is InChI=1S/C39H31N/c1-39(2)35-23-13-12-21-33(35)34-26-25-31(27-36(34)39)40(30-19-10-5-11-20-30)37-24-14-22-32(28-15-6-3-7-16-28)38(37)29-17-8-4-9-18-29/h3-27H,1-2H3. The number of benzene rings is 6. The quantitative estimate of drug-likeness (QED) is 0.222. The molecular weight excluding hydrogens is 482 g/mol. The number of rotatable bonds is 5. The number of hydrogen-bond acceptors (Lipinski definition) is 1. The number of fused-ring (bicyclic) bond motifs is 3. The molecule has 1 aliphatic carbocycles. The van der Waals surface area contributed by atoms with E-state index >= 15 is 0 Å². The summed E-state index contributed by atoms with van der Waals surface area (Å²) in [6.45, 7) is 4.69. The summed E-state index contributed by atoms with van der Waals surface area (Å²) < 4.78 is 0. The maximum absolute atomic E-state index is 2.42. The topological polar surface area (TPSA) is 3.24 Å². The molecular formula is C39H31N. The fourth-order valence-corrected chi connectivity index (χ4v) is 6.33. The summed E-state index contributed by atoms with van der Waals surface area (Å²) in [6, 6.07) is 54.8. The lowest BCUT2D eigenvalue weighted by Gasteiger charge is -2.30. The maximum atomic E-state index is 2.42. The van der Waals surface area contributed by atoms with Crippen LogP contribution in [0.2, 0.25) is 0 Å². The Morgan fingerprint density at radius 2 is 1.00 bits per heavy atom. The maximum Gasteiger partial charge on any atom is 0.0546 e. The van der Waals surface area contributed by atoms with Crippen LogP contribution in [0.4, 0.5) is 17.1 Å². The van der Waals surface area contributed by atoms with E-state index in [1.807, 2.05) is 0 Å². The molecule has 6 aromatic carbocycles. The molecule has 0 amide bonds. The fourth-order valence-electron chi connectivity index (χ4n) is 6.33. The Morgan fingerprint density at radius 1 is 0.425 bits per heavy atom. The van der Waals surface area contributed by atoms with Gasteiger partial charge in [-0.15, -0.1) is 0 Å². The second-order valence-corrected chi connectivity index (χ2v) is 11.0. The van der Waals surface area contributed by atoms with Crippen molar-refractivity contribution in [3.05, 3.63) is 163 Å². The van der Waals surface area contributed by atoms with E-state index in [4.69, 9.17) is 0 Å². The van der Waals surface area contributed by atoms with Gasteiger partial charge in [0.1, 0.15) is 0 Å². The first-order valence-corrected chi connectivity index (χ1v) is 14.0. The number of anilines is 3. The van der Waals surface area contributed by atoms with Gasteiger partial charge in [-0.3, -0.25) is 0 Å². The summed E-state index contributed by atoms with van der Waals surface area (Å²) in [6.07, 6.45) is 0. The SMILES string of the molecule is CC1(C)c2ccccc2-c2ccc(N(c3ccccc3)c3cccc(-c4ccccc4)c3-c3ccccc3)cc21. The number of nitrogens with zero attached hydrogens (tertiary/aromatic N) is 1. The Kier molecular flexibility index (Phi) is 5.86. The summed E-state index contributed by atoms with van der Waals surface area (Å²) in [5.74, 6) is 0. The van der Waals surface area contributed by atoms with Crippen LogP contribution in [0.3, 0.4) is 0 Å². The minimum absolute atomic E-state index is 0.0710. The van der Waals surface area contributed by atoms with Gasteiger partial charge in [-0.05, 0) is 69.3 Å². The number of hydrogen-bond donors (Lipinski definition) is 0. The van der Waals surface area contributed by atoms with Crippen molar-refractivity contribution >= 4 is 17.1 Å². The average Bonchev–Trinajstić information content (AvgIpc) is 3.25. The van der Waals surface area contributed by atoms with Crippen LogP contribution >= 0.6 is 0 Å². The smallest absolute Gasteiger partial charge is 0.0546 e. The van der Waals surface area contributed by atoms with E-state index < -0.39 is 0 Å². The van der Waals surface area contributed by atoms with Crippen LogP contribution in [0.5, 0.6) is 0 Å². The molecule has 0 bridgehead atoms. The van der Waals surface area contributed by atoms with Crippen molar-refractivity contribution in [3.63, 3.8) is 0 Å². The Hall–Kier alpha value is -4.88. The molecule has 0 saturated heterocycles. The Bertz CT molecular complexity index is 1800. The van der Waals surface area contributed by atoms with Crippen molar-refractivity contribution in [1.82, 2.24) is 0 Å². The molecule has 6 aromatic rings. The molecule has 1 nitrogen and oxygen atoms in total. The molecule has 1 aliphatic rings. The van der Waals surface area contributed by atoms with E-state index in [-0.39, 0.29) is 5.41 Å². The van der Waals surface area contributed by atoms with Crippen LogP contribution in [-0.2, 0) is 5.41 Å². The monoisotopic (exact) mass is 513 g/mol. The molecule has 0 fully saturated rings. The van der Waals surface area contributed by atoms with E-state index in [1.54, 1.807) is 0 Å². The lowest BCUT2D eigenvalue weighted by atomic mass is 9.82. The molecule has 0 heterocycles. The predicted octanol–water partition coefficient (Wildman–Crippen LogP) is 10.8. The largest absolute Gasteiger partial charge is 0.310 e. The summed E-state index contributed by atoms with van der Waals surface area (Å²) in [4.78, 5) is 2.42. The first-order valence-electron chi connectivity index (χ1n) is 14.0. The van der Waals surface area contributed by atoms with Crippen molar-refractivity contribution in [3.8, 4) is 33.4 Å². The van der Waals surface area contributed by atoms with Gasteiger partial charge in [0.25, 0.3) is 0 Å². The highest BCUT2D eigenvalue weighted by atomic mass is 15.1. The van der Waals surface area contributed by atoms with E-state index in [1.165, 1.54) is 44.5 Å². The molecule has 0 N–H and O–H groups in total. The molecule has 0 saturated carbocycles. The summed E-state index contributed by atoms with van der Waals surface area (Å²) in [7, 11) is 0. The summed E-state index contributed by atoms with van der Waals surface area (Å²) in [5.41, 5.74) is 13.7. The van der Waals surface area contributed by atoms with Crippen LogP contribution in [0.15, 0.2) is 152 Å². The average molecular weight is 514 g/mol. The van der Waals surface area contributed by atoms with Gasteiger partial charge in [-0.2, -0.15) is 0 Å². The van der Waals surface area contributed by atoms with Gasteiger partial charge in [-0.1, -0.05) is 135 Å². The first kappa shape index (κ1) is 24.2. The van der Waals surface area contributed by atoms with Crippen molar-refractivity contribution in [2.75, 3.05) is 4.90 Å². The molecule has 0 atom stereocenters. The zero-order chi connectivity index (χ0) is 27.1. The second kappa shape index (κ2) is 9.70. The van der Waals surface area contributed by atoms with Crippen LogP contribution < -0.4 is 4.90 Å². The van der Waals surface area contributed by atoms with Crippen molar-refractivity contribution < 1.29 is 0 Å². The fraction of sp³-hybridized carbons (Fsp3) is 0.0769.